The summed E-state index contributed by atoms with van der Waals surface area (Å²) in [4.78, 5) is 3.18. The molecule has 176 valence electrons. The van der Waals surface area contributed by atoms with E-state index in [0.29, 0.717) is 28.2 Å². The molecule has 1 aliphatic carbocycles. The van der Waals surface area contributed by atoms with Crippen LogP contribution in [-0.2, 0) is 0 Å². The molecule has 0 spiro atoms. The molecular formula is C27H33F2N3O. The van der Waals surface area contributed by atoms with Gasteiger partial charge in [0.25, 0.3) is 0 Å². The maximum Gasteiger partial charge on any atom is 0.140 e. The molecule has 3 aromatic rings. The number of rotatable bonds is 4. The van der Waals surface area contributed by atoms with E-state index in [1.54, 1.807) is 6.07 Å². The van der Waals surface area contributed by atoms with E-state index >= 15 is 8.78 Å². The molecule has 0 unspecified atom stereocenters. The molecular weight excluding hydrogens is 420 g/mol. The number of aliphatic hydroxyl groups excluding tert-OH is 1. The zero-order valence-corrected chi connectivity index (χ0v) is 19.6. The number of aromatic amines is 1. The molecule has 1 aromatic heterocycles. The molecule has 2 aromatic carbocycles. The summed E-state index contributed by atoms with van der Waals surface area (Å²) in [6, 6.07) is 6.27. The summed E-state index contributed by atoms with van der Waals surface area (Å²) in [5.41, 5.74) is 2.16. The molecule has 2 heterocycles. The molecule has 1 fully saturated rings. The second-order valence-corrected chi connectivity index (χ2v) is 10.4. The first-order valence-corrected chi connectivity index (χ1v) is 12.1. The standard InChI is InChI=1S/C27H33F2N3O/c1-15-13-30-24-17(15)10-7-11-18(24)21-19(28)12-20-22(23(21)29)25(26(33)27(2,3)32-20)31-14-16-8-5-4-6-9-16/h7,10-13,16,25-26,30-33H,4-6,8-9,14H2,1-3H3/t25-,26+/m1/s1. The first-order chi connectivity index (χ1) is 15.8. The highest BCUT2D eigenvalue weighted by Gasteiger charge is 2.43. The van der Waals surface area contributed by atoms with Gasteiger partial charge in [0, 0.05) is 28.4 Å². The van der Waals surface area contributed by atoms with Crippen molar-refractivity contribution >= 4 is 16.6 Å². The van der Waals surface area contributed by atoms with Crippen LogP contribution >= 0.6 is 0 Å². The smallest absolute Gasteiger partial charge is 0.140 e. The molecule has 0 bridgehead atoms. The number of para-hydroxylation sites is 1. The Morgan fingerprint density at radius 2 is 1.91 bits per heavy atom. The SMILES string of the molecule is Cc1c[nH]c2c(-c3c(F)cc4c(c3F)[C@@H](NCC3CCCCC3)[C@H](O)C(C)(C)N4)cccc12. The summed E-state index contributed by atoms with van der Waals surface area (Å²) < 4.78 is 31.7. The van der Waals surface area contributed by atoms with Crippen LogP contribution in [0.25, 0.3) is 22.0 Å². The van der Waals surface area contributed by atoms with Crippen molar-refractivity contribution in [3.8, 4) is 11.1 Å². The fraction of sp³-hybridized carbons (Fsp3) is 0.481. The van der Waals surface area contributed by atoms with Crippen molar-refractivity contribution in [1.82, 2.24) is 10.3 Å². The molecule has 5 rings (SSSR count). The molecule has 0 radical (unpaired) electrons. The Morgan fingerprint density at radius 3 is 2.67 bits per heavy atom. The Bertz CT molecular complexity index is 1180. The van der Waals surface area contributed by atoms with E-state index in [-0.39, 0.29) is 5.56 Å². The van der Waals surface area contributed by atoms with E-state index < -0.39 is 29.3 Å². The summed E-state index contributed by atoms with van der Waals surface area (Å²) in [5.74, 6) is -0.712. The van der Waals surface area contributed by atoms with Crippen LogP contribution in [0.15, 0.2) is 30.5 Å². The van der Waals surface area contributed by atoms with Crippen LogP contribution in [0.2, 0.25) is 0 Å². The van der Waals surface area contributed by atoms with Gasteiger partial charge in [0.05, 0.1) is 28.8 Å². The topological polar surface area (TPSA) is 60.1 Å². The molecule has 1 aliphatic heterocycles. The number of aromatic nitrogens is 1. The average Bonchev–Trinajstić information content (AvgIpc) is 3.16. The van der Waals surface area contributed by atoms with Gasteiger partial charge in [-0.15, -0.1) is 0 Å². The van der Waals surface area contributed by atoms with Gasteiger partial charge in [-0.25, -0.2) is 8.78 Å². The third-order valence-corrected chi connectivity index (χ3v) is 7.62. The van der Waals surface area contributed by atoms with Crippen molar-refractivity contribution in [2.75, 3.05) is 11.9 Å². The second-order valence-electron chi connectivity index (χ2n) is 10.4. The minimum absolute atomic E-state index is 0.0561. The molecule has 0 saturated heterocycles. The van der Waals surface area contributed by atoms with Crippen molar-refractivity contribution in [3.05, 3.63) is 53.2 Å². The van der Waals surface area contributed by atoms with Crippen LogP contribution in [0.5, 0.6) is 0 Å². The Kier molecular flexibility index (Phi) is 5.69. The summed E-state index contributed by atoms with van der Waals surface area (Å²) in [7, 11) is 0. The number of H-pyrrole nitrogens is 1. The normalized spacial score (nSPS) is 22.8. The number of halogens is 2. The number of fused-ring (bicyclic) bond motifs is 2. The Labute approximate surface area is 193 Å². The fourth-order valence-electron chi connectivity index (χ4n) is 5.69. The molecule has 4 N–H and O–H groups in total. The van der Waals surface area contributed by atoms with Crippen LogP contribution in [-0.4, -0.2) is 28.3 Å². The van der Waals surface area contributed by atoms with Gasteiger partial charge in [-0.2, -0.15) is 0 Å². The van der Waals surface area contributed by atoms with E-state index in [1.165, 1.54) is 25.3 Å². The van der Waals surface area contributed by atoms with Gasteiger partial charge in [0.15, 0.2) is 0 Å². The average molecular weight is 454 g/mol. The number of benzene rings is 2. The van der Waals surface area contributed by atoms with Crippen LogP contribution in [0.4, 0.5) is 14.5 Å². The highest BCUT2D eigenvalue weighted by atomic mass is 19.1. The third kappa shape index (κ3) is 3.83. The largest absolute Gasteiger partial charge is 0.389 e. The summed E-state index contributed by atoms with van der Waals surface area (Å²) in [6.07, 6.45) is 6.98. The van der Waals surface area contributed by atoms with Crippen LogP contribution in [0.3, 0.4) is 0 Å². The number of anilines is 1. The Balaban J connectivity index is 1.61. The molecule has 6 heteroatoms. The lowest BCUT2D eigenvalue weighted by molar-refractivity contribution is 0.0644. The summed E-state index contributed by atoms with van der Waals surface area (Å²) >= 11 is 0. The fourth-order valence-corrected chi connectivity index (χ4v) is 5.69. The lowest BCUT2D eigenvalue weighted by Crippen LogP contribution is -2.54. The predicted molar refractivity (Wildman–Crippen MR) is 129 cm³/mol. The molecule has 1 saturated carbocycles. The second kappa shape index (κ2) is 8.41. The highest BCUT2D eigenvalue weighted by Crippen LogP contribution is 2.44. The maximum atomic E-state index is 16.2. The van der Waals surface area contributed by atoms with Crippen LogP contribution in [0.1, 0.15) is 63.1 Å². The highest BCUT2D eigenvalue weighted by molar-refractivity contribution is 5.96. The molecule has 33 heavy (non-hydrogen) atoms. The third-order valence-electron chi connectivity index (χ3n) is 7.62. The maximum absolute atomic E-state index is 16.2. The monoisotopic (exact) mass is 453 g/mol. The van der Waals surface area contributed by atoms with Crippen molar-refractivity contribution < 1.29 is 13.9 Å². The first kappa shape index (κ1) is 22.4. The lowest BCUT2D eigenvalue weighted by atomic mass is 9.80. The Morgan fingerprint density at radius 1 is 1.15 bits per heavy atom. The van der Waals surface area contributed by atoms with E-state index in [9.17, 15) is 5.11 Å². The minimum Gasteiger partial charge on any atom is -0.389 e. The van der Waals surface area contributed by atoms with Crippen LogP contribution < -0.4 is 10.6 Å². The lowest BCUT2D eigenvalue weighted by Gasteiger charge is -2.44. The van der Waals surface area contributed by atoms with Gasteiger partial charge in [-0.1, -0.05) is 37.5 Å². The van der Waals surface area contributed by atoms with Gasteiger partial charge >= 0.3 is 0 Å². The number of nitrogens with one attached hydrogen (secondary N) is 3. The zero-order valence-electron chi connectivity index (χ0n) is 19.6. The number of aliphatic hydroxyl groups is 1. The minimum atomic E-state index is -0.870. The number of hydrogen-bond acceptors (Lipinski definition) is 3. The van der Waals surface area contributed by atoms with Gasteiger partial charge in [-0.05, 0) is 57.7 Å². The number of aryl methyl sites for hydroxylation is 1. The van der Waals surface area contributed by atoms with Gasteiger partial charge in [0.2, 0.25) is 0 Å². The molecule has 4 nitrogen and oxygen atoms in total. The first-order valence-electron chi connectivity index (χ1n) is 12.1. The van der Waals surface area contributed by atoms with E-state index in [2.05, 4.69) is 15.6 Å². The summed E-state index contributed by atoms with van der Waals surface area (Å²) in [5, 5.41) is 18.8. The molecule has 0 amide bonds. The quantitative estimate of drug-likeness (QED) is 0.381. The van der Waals surface area contributed by atoms with E-state index in [1.807, 2.05) is 39.1 Å². The predicted octanol–water partition coefficient (Wildman–Crippen LogP) is 6.20. The van der Waals surface area contributed by atoms with E-state index in [0.717, 1.165) is 30.3 Å². The number of hydrogen-bond donors (Lipinski definition) is 4. The van der Waals surface area contributed by atoms with Crippen molar-refractivity contribution in [1.29, 1.82) is 0 Å². The Hall–Kier alpha value is -2.44. The van der Waals surface area contributed by atoms with Crippen molar-refractivity contribution in [2.24, 2.45) is 5.92 Å². The zero-order chi connectivity index (χ0) is 23.3. The van der Waals surface area contributed by atoms with Crippen LogP contribution in [0, 0.1) is 24.5 Å². The van der Waals surface area contributed by atoms with Gasteiger partial charge in [0.1, 0.15) is 11.6 Å². The molecule has 2 aliphatic rings. The van der Waals surface area contributed by atoms with Gasteiger partial charge < -0.3 is 20.7 Å². The summed E-state index contributed by atoms with van der Waals surface area (Å²) in [6.45, 7) is 6.41. The molecule has 2 atom stereocenters. The van der Waals surface area contributed by atoms with Gasteiger partial charge in [-0.3, -0.25) is 0 Å². The van der Waals surface area contributed by atoms with Crippen molar-refractivity contribution in [2.45, 2.75) is 70.6 Å². The van der Waals surface area contributed by atoms with E-state index in [4.69, 9.17) is 0 Å². The van der Waals surface area contributed by atoms with Crippen molar-refractivity contribution in [3.63, 3.8) is 0 Å².